The highest BCUT2D eigenvalue weighted by atomic mass is 35.5. The molecule has 0 aliphatic carbocycles. The lowest BCUT2D eigenvalue weighted by Gasteiger charge is -2.38. The minimum absolute atomic E-state index is 0.708. The summed E-state index contributed by atoms with van der Waals surface area (Å²) in [6.07, 6.45) is 7.72. The quantitative estimate of drug-likeness (QED) is 0.500. The number of aliphatic hydroxyl groups is 1. The maximum atomic E-state index is 11.1. The third-order valence-corrected chi connectivity index (χ3v) is 7.97. The lowest BCUT2D eigenvalue weighted by molar-refractivity contribution is -0.0254. The van der Waals surface area contributed by atoms with Gasteiger partial charge in [-0.1, -0.05) is 65.8 Å². The van der Waals surface area contributed by atoms with E-state index < -0.39 is 5.60 Å². The average molecular weight is 463 g/mol. The van der Waals surface area contributed by atoms with Crippen LogP contribution in [0.25, 0.3) is 5.57 Å². The van der Waals surface area contributed by atoms with Crippen molar-refractivity contribution >= 4 is 28.9 Å². The van der Waals surface area contributed by atoms with Crippen LogP contribution in [0.2, 0.25) is 5.02 Å². The third-order valence-electron chi connectivity index (χ3n) is 6.58. The van der Waals surface area contributed by atoms with Gasteiger partial charge in [0.15, 0.2) is 0 Å². The number of nitrogens with zero attached hydrogens (tertiary/aromatic N) is 2. The molecular formula is C27H27ClN2OS. The van der Waals surface area contributed by atoms with E-state index in [2.05, 4.69) is 46.3 Å². The number of piperidine rings is 1. The van der Waals surface area contributed by atoms with E-state index in [1.54, 1.807) is 11.8 Å². The van der Waals surface area contributed by atoms with Crippen LogP contribution in [0.15, 0.2) is 82.9 Å². The number of hydrogen-bond donors (Lipinski definition) is 1. The van der Waals surface area contributed by atoms with Gasteiger partial charge in [-0.25, -0.2) is 4.98 Å². The molecule has 0 bridgehead atoms. The number of aromatic nitrogens is 1. The Hall–Kier alpha value is -2.11. The van der Waals surface area contributed by atoms with Crippen LogP contribution in [0, 0.1) is 0 Å². The molecule has 2 aromatic carbocycles. The van der Waals surface area contributed by atoms with Crippen LogP contribution in [0.5, 0.6) is 0 Å². The molecule has 1 N–H and O–H groups in total. The number of fused-ring (bicyclic) bond motifs is 2. The first kappa shape index (κ1) is 21.7. The maximum Gasteiger partial charge on any atom is 0.108 e. The van der Waals surface area contributed by atoms with Crippen molar-refractivity contribution in [1.29, 1.82) is 0 Å². The molecule has 3 aromatic rings. The molecule has 0 saturated carbocycles. The van der Waals surface area contributed by atoms with Crippen molar-refractivity contribution in [2.45, 2.75) is 41.2 Å². The summed E-state index contributed by atoms with van der Waals surface area (Å²) < 4.78 is 0. The predicted octanol–water partition coefficient (Wildman–Crippen LogP) is 6.20. The van der Waals surface area contributed by atoms with E-state index in [4.69, 9.17) is 11.6 Å². The van der Waals surface area contributed by atoms with Crippen LogP contribution in [-0.4, -0.2) is 34.6 Å². The summed E-state index contributed by atoms with van der Waals surface area (Å²) >= 11 is 7.78. The number of likely N-dealkylation sites (tertiary alicyclic amines) is 1. The standard InChI is InChI=1S/C27H27ClN2OS/c28-23-11-9-22(10-12-23)27(31)13-17-30(18-14-27)16-4-6-20-19-21-5-1-2-8-25(21)32-26-24(20)7-3-15-29-26/h1-3,5-12,15,31H,4,13-14,16-19H2. The van der Waals surface area contributed by atoms with Gasteiger partial charge in [0, 0.05) is 41.3 Å². The van der Waals surface area contributed by atoms with Gasteiger partial charge in [-0.3, -0.25) is 0 Å². The molecule has 5 rings (SSSR count). The Morgan fingerprint density at radius 1 is 1.03 bits per heavy atom. The number of pyridine rings is 1. The van der Waals surface area contributed by atoms with E-state index >= 15 is 0 Å². The summed E-state index contributed by atoms with van der Waals surface area (Å²) in [6, 6.07) is 20.5. The fourth-order valence-corrected chi connectivity index (χ4v) is 5.84. The summed E-state index contributed by atoms with van der Waals surface area (Å²) in [5, 5.41) is 12.9. The summed E-state index contributed by atoms with van der Waals surface area (Å²) in [4.78, 5) is 8.41. The van der Waals surface area contributed by atoms with Gasteiger partial charge in [-0.05, 0) is 66.6 Å². The topological polar surface area (TPSA) is 36.4 Å². The minimum Gasteiger partial charge on any atom is -0.385 e. The van der Waals surface area contributed by atoms with Crippen LogP contribution in [0.1, 0.15) is 36.0 Å². The second-order valence-electron chi connectivity index (χ2n) is 8.64. The van der Waals surface area contributed by atoms with Crippen molar-refractivity contribution in [3.05, 3.63) is 94.6 Å². The Labute approximate surface area is 199 Å². The molecule has 32 heavy (non-hydrogen) atoms. The number of rotatable bonds is 4. The number of hydrogen-bond acceptors (Lipinski definition) is 4. The van der Waals surface area contributed by atoms with Crippen LogP contribution < -0.4 is 0 Å². The zero-order chi connectivity index (χ0) is 22.0. The van der Waals surface area contributed by atoms with Gasteiger partial charge < -0.3 is 10.0 Å². The van der Waals surface area contributed by atoms with Crippen molar-refractivity contribution in [2.75, 3.05) is 19.6 Å². The number of halogens is 1. The molecule has 1 aromatic heterocycles. The van der Waals surface area contributed by atoms with Crippen molar-refractivity contribution < 1.29 is 5.11 Å². The molecule has 0 atom stereocenters. The number of benzene rings is 2. The summed E-state index contributed by atoms with van der Waals surface area (Å²) in [6.45, 7) is 2.81. The first-order chi connectivity index (χ1) is 15.6. The second-order valence-corrected chi connectivity index (χ2v) is 10.1. The smallest absolute Gasteiger partial charge is 0.108 e. The molecular weight excluding hydrogens is 436 g/mol. The van der Waals surface area contributed by atoms with Crippen LogP contribution in [0.3, 0.4) is 0 Å². The van der Waals surface area contributed by atoms with E-state index in [9.17, 15) is 5.11 Å². The van der Waals surface area contributed by atoms with Crippen molar-refractivity contribution in [3.63, 3.8) is 0 Å². The summed E-state index contributed by atoms with van der Waals surface area (Å²) in [5.41, 5.74) is 4.21. The molecule has 2 aliphatic heterocycles. The molecule has 1 saturated heterocycles. The first-order valence-corrected chi connectivity index (χ1v) is 12.4. The van der Waals surface area contributed by atoms with Crippen LogP contribution in [0.4, 0.5) is 0 Å². The molecule has 2 aliphatic rings. The van der Waals surface area contributed by atoms with Gasteiger partial charge in [0.2, 0.25) is 0 Å². The second kappa shape index (κ2) is 9.40. The lowest BCUT2D eigenvalue weighted by Crippen LogP contribution is -2.42. The van der Waals surface area contributed by atoms with E-state index in [0.29, 0.717) is 5.02 Å². The van der Waals surface area contributed by atoms with Gasteiger partial charge in [0.05, 0.1) is 5.60 Å². The molecule has 5 heteroatoms. The zero-order valence-corrected chi connectivity index (χ0v) is 19.6. The largest absolute Gasteiger partial charge is 0.385 e. The molecule has 1 fully saturated rings. The zero-order valence-electron chi connectivity index (χ0n) is 18.0. The van der Waals surface area contributed by atoms with E-state index in [0.717, 1.165) is 55.9 Å². The monoisotopic (exact) mass is 462 g/mol. The maximum absolute atomic E-state index is 11.1. The molecule has 0 spiro atoms. The highest BCUT2D eigenvalue weighted by molar-refractivity contribution is 7.99. The van der Waals surface area contributed by atoms with Gasteiger partial charge in [-0.2, -0.15) is 0 Å². The van der Waals surface area contributed by atoms with Crippen molar-refractivity contribution in [1.82, 2.24) is 9.88 Å². The van der Waals surface area contributed by atoms with E-state index in [1.165, 1.54) is 21.6 Å². The van der Waals surface area contributed by atoms with Gasteiger partial charge >= 0.3 is 0 Å². The fraction of sp³-hybridized carbons (Fsp3) is 0.296. The predicted molar refractivity (Wildman–Crippen MR) is 132 cm³/mol. The lowest BCUT2D eigenvalue weighted by atomic mass is 9.84. The van der Waals surface area contributed by atoms with Gasteiger partial charge in [0.25, 0.3) is 0 Å². The normalized spacial score (nSPS) is 19.2. The van der Waals surface area contributed by atoms with Gasteiger partial charge in [0.1, 0.15) is 5.03 Å². The first-order valence-electron chi connectivity index (χ1n) is 11.2. The molecule has 0 radical (unpaired) electrons. The van der Waals surface area contributed by atoms with Crippen LogP contribution in [-0.2, 0) is 12.0 Å². The Balaban J connectivity index is 1.25. The van der Waals surface area contributed by atoms with E-state index in [-0.39, 0.29) is 0 Å². The SMILES string of the molecule is OC1(c2ccc(Cl)cc2)CCN(CCC=C2Cc3ccccc3Sc3ncccc32)CC1. The molecule has 3 heterocycles. The van der Waals surface area contributed by atoms with Crippen LogP contribution >= 0.6 is 23.4 Å². The highest BCUT2D eigenvalue weighted by Crippen LogP contribution is 2.40. The average Bonchev–Trinajstić information content (AvgIpc) is 2.97. The molecule has 164 valence electrons. The summed E-state index contributed by atoms with van der Waals surface area (Å²) in [7, 11) is 0. The molecule has 0 unspecified atom stereocenters. The number of allylic oxidation sites excluding steroid dienone is 1. The summed E-state index contributed by atoms with van der Waals surface area (Å²) in [5.74, 6) is 0. The Morgan fingerprint density at radius 3 is 2.62 bits per heavy atom. The van der Waals surface area contributed by atoms with E-state index in [1.807, 2.05) is 36.5 Å². The molecule has 0 amide bonds. The van der Waals surface area contributed by atoms with Crippen molar-refractivity contribution in [3.8, 4) is 0 Å². The van der Waals surface area contributed by atoms with Crippen molar-refractivity contribution in [2.24, 2.45) is 0 Å². The highest BCUT2D eigenvalue weighted by Gasteiger charge is 2.33. The minimum atomic E-state index is -0.744. The molecule has 3 nitrogen and oxygen atoms in total. The third kappa shape index (κ3) is 4.65. The fourth-order valence-electron chi connectivity index (χ4n) is 4.67. The Kier molecular flexibility index (Phi) is 6.38. The Bertz CT molecular complexity index is 1120. The Morgan fingerprint density at radius 2 is 1.81 bits per heavy atom. The van der Waals surface area contributed by atoms with Gasteiger partial charge in [-0.15, -0.1) is 0 Å².